The fourth-order valence-electron chi connectivity index (χ4n) is 2.32. The Labute approximate surface area is 118 Å². The predicted octanol–water partition coefficient (Wildman–Crippen LogP) is 1.27. The van der Waals surface area contributed by atoms with Crippen molar-refractivity contribution in [2.75, 3.05) is 25.0 Å². The van der Waals surface area contributed by atoms with Crippen LogP contribution in [-0.4, -0.2) is 31.0 Å². The maximum Gasteiger partial charge on any atom is 0.239 e. The van der Waals surface area contributed by atoms with Crippen LogP contribution in [0.5, 0.6) is 0 Å². The molecule has 0 fully saturated rings. The molecule has 0 bridgehead atoms. The van der Waals surface area contributed by atoms with Gasteiger partial charge >= 0.3 is 0 Å². The Kier molecular flexibility index (Phi) is 4.53. The van der Waals surface area contributed by atoms with E-state index in [0.29, 0.717) is 19.6 Å². The number of hydrogen-bond acceptors (Lipinski definition) is 4. The van der Waals surface area contributed by atoms with Crippen LogP contribution in [0.1, 0.15) is 12.5 Å². The molecule has 0 spiro atoms. The summed E-state index contributed by atoms with van der Waals surface area (Å²) in [5, 5.41) is 3.82. The summed E-state index contributed by atoms with van der Waals surface area (Å²) in [6.07, 6.45) is 1.78. The first-order chi connectivity index (χ1) is 9.67. The Bertz CT molecular complexity index is 612. The van der Waals surface area contributed by atoms with Crippen molar-refractivity contribution in [3.8, 4) is 0 Å². The number of likely N-dealkylation sites (N-methyl/N-ethyl adjacent to an activating group) is 2. The van der Waals surface area contributed by atoms with Crippen molar-refractivity contribution < 1.29 is 4.79 Å². The summed E-state index contributed by atoms with van der Waals surface area (Å²) < 4.78 is 0. The van der Waals surface area contributed by atoms with Crippen LogP contribution in [0.15, 0.2) is 30.5 Å². The summed E-state index contributed by atoms with van der Waals surface area (Å²) >= 11 is 0. The van der Waals surface area contributed by atoms with Crippen LogP contribution in [0.3, 0.4) is 0 Å². The maximum absolute atomic E-state index is 11.8. The van der Waals surface area contributed by atoms with Crippen molar-refractivity contribution in [1.82, 2.24) is 10.3 Å². The monoisotopic (exact) mass is 272 g/mol. The molecular formula is C15H20N4O. The molecular weight excluding hydrogens is 252 g/mol. The topological polar surface area (TPSA) is 71.2 Å². The van der Waals surface area contributed by atoms with E-state index >= 15 is 0 Å². The quantitative estimate of drug-likeness (QED) is 0.859. The summed E-state index contributed by atoms with van der Waals surface area (Å²) in [7, 11) is 1.90. The number of fused-ring (bicyclic) bond motifs is 1. The van der Waals surface area contributed by atoms with Crippen molar-refractivity contribution in [3.63, 3.8) is 0 Å². The number of nitrogens with zero attached hydrogens (tertiary/aromatic N) is 2. The van der Waals surface area contributed by atoms with Gasteiger partial charge in [0.1, 0.15) is 0 Å². The number of aromatic nitrogens is 1. The van der Waals surface area contributed by atoms with Gasteiger partial charge in [0, 0.05) is 37.3 Å². The van der Waals surface area contributed by atoms with Crippen LogP contribution in [0.4, 0.5) is 5.69 Å². The summed E-state index contributed by atoms with van der Waals surface area (Å²) in [6.45, 7) is 3.24. The Morgan fingerprint density at radius 2 is 2.15 bits per heavy atom. The van der Waals surface area contributed by atoms with Gasteiger partial charge in [0.15, 0.2) is 0 Å². The van der Waals surface area contributed by atoms with Crippen molar-refractivity contribution in [2.45, 2.75) is 13.5 Å². The zero-order valence-corrected chi connectivity index (χ0v) is 11.9. The van der Waals surface area contributed by atoms with E-state index in [4.69, 9.17) is 5.73 Å². The molecule has 1 heterocycles. The number of anilines is 1. The highest BCUT2D eigenvalue weighted by molar-refractivity contribution is 5.95. The van der Waals surface area contributed by atoms with E-state index in [1.165, 1.54) is 0 Å². The highest BCUT2D eigenvalue weighted by atomic mass is 16.2. The fraction of sp³-hybridized carbons (Fsp3) is 0.333. The second-order valence-corrected chi connectivity index (χ2v) is 4.66. The smallest absolute Gasteiger partial charge is 0.239 e. The minimum atomic E-state index is -0.00105. The maximum atomic E-state index is 11.8. The minimum Gasteiger partial charge on any atom is -0.364 e. The van der Waals surface area contributed by atoms with Gasteiger partial charge in [0.05, 0.1) is 17.7 Å². The minimum absolute atomic E-state index is 0.00105. The Morgan fingerprint density at radius 3 is 2.85 bits per heavy atom. The van der Waals surface area contributed by atoms with Crippen LogP contribution in [0.25, 0.3) is 10.9 Å². The predicted molar refractivity (Wildman–Crippen MR) is 81.6 cm³/mol. The lowest BCUT2D eigenvalue weighted by molar-refractivity contribution is -0.119. The van der Waals surface area contributed by atoms with Gasteiger partial charge < -0.3 is 16.0 Å². The molecule has 106 valence electrons. The second kappa shape index (κ2) is 6.34. The van der Waals surface area contributed by atoms with E-state index in [1.807, 2.05) is 43.1 Å². The van der Waals surface area contributed by atoms with E-state index in [2.05, 4.69) is 10.3 Å². The van der Waals surface area contributed by atoms with Gasteiger partial charge in [0.25, 0.3) is 0 Å². The molecule has 5 heteroatoms. The van der Waals surface area contributed by atoms with Gasteiger partial charge in [-0.2, -0.15) is 0 Å². The Morgan fingerprint density at radius 1 is 1.40 bits per heavy atom. The molecule has 3 N–H and O–H groups in total. The summed E-state index contributed by atoms with van der Waals surface area (Å²) in [4.78, 5) is 18.1. The lowest BCUT2D eigenvalue weighted by Gasteiger charge is -2.23. The van der Waals surface area contributed by atoms with Crippen LogP contribution in [-0.2, 0) is 11.3 Å². The van der Waals surface area contributed by atoms with Gasteiger partial charge in [-0.15, -0.1) is 0 Å². The van der Waals surface area contributed by atoms with Crippen molar-refractivity contribution in [2.24, 2.45) is 5.73 Å². The Balaban J connectivity index is 2.42. The lowest BCUT2D eigenvalue weighted by atomic mass is 10.1. The van der Waals surface area contributed by atoms with Gasteiger partial charge in [-0.1, -0.05) is 18.2 Å². The van der Waals surface area contributed by atoms with Crippen molar-refractivity contribution >= 4 is 22.5 Å². The molecule has 0 aliphatic rings. The van der Waals surface area contributed by atoms with Gasteiger partial charge in [-0.05, 0) is 13.0 Å². The van der Waals surface area contributed by atoms with Crippen LogP contribution >= 0.6 is 0 Å². The Hall–Kier alpha value is -2.14. The third kappa shape index (κ3) is 2.88. The van der Waals surface area contributed by atoms with E-state index in [0.717, 1.165) is 22.2 Å². The first-order valence-corrected chi connectivity index (χ1v) is 6.72. The average Bonchev–Trinajstić information content (AvgIpc) is 2.46. The van der Waals surface area contributed by atoms with Crippen molar-refractivity contribution in [1.29, 1.82) is 0 Å². The first-order valence-electron chi connectivity index (χ1n) is 6.72. The molecule has 1 aromatic carbocycles. The second-order valence-electron chi connectivity index (χ2n) is 4.66. The van der Waals surface area contributed by atoms with Gasteiger partial charge in [-0.3, -0.25) is 9.78 Å². The number of amides is 1. The highest BCUT2D eigenvalue weighted by Crippen LogP contribution is 2.28. The normalized spacial score (nSPS) is 10.6. The standard InChI is InChI=1S/C15H20N4O/c1-3-17-14(20)10-19(2)15-11(8-16)9-18-13-7-5-4-6-12(13)15/h4-7,9H,3,8,10,16H2,1-2H3,(H,17,20). The molecule has 0 atom stereocenters. The number of pyridine rings is 1. The largest absolute Gasteiger partial charge is 0.364 e. The van der Waals surface area contributed by atoms with Crippen molar-refractivity contribution in [3.05, 3.63) is 36.0 Å². The third-order valence-corrected chi connectivity index (χ3v) is 3.18. The number of nitrogens with two attached hydrogens (primary N) is 1. The highest BCUT2D eigenvalue weighted by Gasteiger charge is 2.14. The molecule has 0 saturated heterocycles. The molecule has 0 aliphatic carbocycles. The van der Waals surface area contributed by atoms with Gasteiger partial charge in [-0.25, -0.2) is 0 Å². The summed E-state index contributed by atoms with van der Waals surface area (Å²) in [5.74, 6) is -0.00105. The lowest BCUT2D eigenvalue weighted by Crippen LogP contribution is -2.35. The molecule has 1 aromatic heterocycles. The molecule has 0 unspecified atom stereocenters. The molecule has 0 aliphatic heterocycles. The third-order valence-electron chi connectivity index (χ3n) is 3.18. The molecule has 2 aromatic rings. The number of para-hydroxylation sites is 1. The zero-order chi connectivity index (χ0) is 14.5. The summed E-state index contributed by atoms with van der Waals surface area (Å²) in [5.41, 5.74) is 8.62. The van der Waals surface area contributed by atoms with Gasteiger partial charge in [0.2, 0.25) is 5.91 Å². The zero-order valence-electron chi connectivity index (χ0n) is 11.9. The van der Waals surface area contributed by atoms with Crippen LogP contribution in [0, 0.1) is 0 Å². The number of carbonyl (C=O) groups is 1. The van der Waals surface area contributed by atoms with E-state index < -0.39 is 0 Å². The molecule has 1 amide bonds. The first kappa shape index (κ1) is 14.3. The number of rotatable bonds is 5. The van der Waals surface area contributed by atoms with E-state index in [-0.39, 0.29) is 5.91 Å². The van der Waals surface area contributed by atoms with E-state index in [1.54, 1.807) is 6.20 Å². The number of nitrogens with one attached hydrogen (secondary N) is 1. The molecule has 20 heavy (non-hydrogen) atoms. The van der Waals surface area contributed by atoms with Crippen LogP contribution in [0.2, 0.25) is 0 Å². The average molecular weight is 272 g/mol. The van der Waals surface area contributed by atoms with Crippen LogP contribution < -0.4 is 16.0 Å². The molecule has 0 radical (unpaired) electrons. The SMILES string of the molecule is CCNC(=O)CN(C)c1c(CN)cnc2ccccc12. The number of carbonyl (C=O) groups excluding carboxylic acids is 1. The molecule has 0 saturated carbocycles. The fourth-order valence-corrected chi connectivity index (χ4v) is 2.32. The van der Waals surface area contributed by atoms with E-state index in [9.17, 15) is 4.79 Å². The number of hydrogen-bond donors (Lipinski definition) is 2. The summed E-state index contributed by atoms with van der Waals surface area (Å²) in [6, 6.07) is 7.88. The number of benzene rings is 1. The molecule has 5 nitrogen and oxygen atoms in total. The molecule has 2 rings (SSSR count).